The van der Waals surface area contributed by atoms with Gasteiger partial charge in [0.05, 0.1) is 29.6 Å². The van der Waals surface area contributed by atoms with Crippen molar-refractivity contribution < 1.29 is 17.9 Å². The molecular formula is C25H40N2O4S. The summed E-state index contributed by atoms with van der Waals surface area (Å²) in [6.45, 7) is 13.5. The molecule has 7 heteroatoms. The maximum Gasteiger partial charge on any atom is 0.226 e. The predicted octanol–water partition coefficient (Wildman–Crippen LogP) is 3.54. The zero-order valence-corrected chi connectivity index (χ0v) is 21.2. The van der Waals surface area contributed by atoms with Crippen LogP contribution in [0.15, 0.2) is 24.3 Å². The van der Waals surface area contributed by atoms with E-state index in [1.807, 2.05) is 4.90 Å². The van der Waals surface area contributed by atoms with Crippen LogP contribution in [0.1, 0.15) is 53.0 Å². The van der Waals surface area contributed by atoms with Gasteiger partial charge in [-0.3, -0.25) is 4.79 Å². The lowest BCUT2D eigenvalue weighted by Gasteiger charge is -2.36. The van der Waals surface area contributed by atoms with Gasteiger partial charge in [-0.25, -0.2) is 8.42 Å². The molecule has 1 amide bonds. The Bertz CT molecular complexity index is 866. The minimum absolute atomic E-state index is 0.126. The molecule has 2 aliphatic heterocycles. The molecule has 2 aliphatic rings. The van der Waals surface area contributed by atoms with E-state index in [0.717, 1.165) is 38.1 Å². The SMILES string of the molecule is CC(C)[C@@H]1CN(c2ccc(CC(=O)N3CCC(CS(=O)(=O)C(C)(C)C)CC3)cc2)CCO1. The molecule has 0 unspecified atom stereocenters. The van der Waals surface area contributed by atoms with Gasteiger partial charge in [0.2, 0.25) is 5.91 Å². The molecule has 2 saturated heterocycles. The van der Waals surface area contributed by atoms with Crippen molar-refractivity contribution in [1.29, 1.82) is 0 Å². The molecule has 0 radical (unpaired) electrons. The number of likely N-dealkylation sites (tertiary alicyclic amines) is 1. The molecule has 0 saturated carbocycles. The highest BCUT2D eigenvalue weighted by atomic mass is 32.2. The molecule has 3 rings (SSSR count). The van der Waals surface area contributed by atoms with Crippen molar-refractivity contribution in [3.05, 3.63) is 29.8 Å². The highest BCUT2D eigenvalue weighted by Crippen LogP contribution is 2.26. The maximum absolute atomic E-state index is 12.8. The van der Waals surface area contributed by atoms with E-state index in [1.165, 1.54) is 5.69 Å². The third-order valence-corrected chi connectivity index (χ3v) is 9.63. The molecule has 1 aromatic rings. The van der Waals surface area contributed by atoms with Gasteiger partial charge in [-0.05, 0) is 63.1 Å². The van der Waals surface area contributed by atoms with Crippen LogP contribution in [0.25, 0.3) is 0 Å². The molecule has 180 valence electrons. The number of hydrogen-bond acceptors (Lipinski definition) is 5. The van der Waals surface area contributed by atoms with E-state index in [-0.39, 0.29) is 23.7 Å². The summed E-state index contributed by atoms with van der Waals surface area (Å²) >= 11 is 0. The molecule has 0 bridgehead atoms. The summed E-state index contributed by atoms with van der Waals surface area (Å²) in [5, 5.41) is 0. The number of ether oxygens (including phenoxy) is 1. The van der Waals surface area contributed by atoms with Crippen LogP contribution in [0.2, 0.25) is 0 Å². The Labute approximate surface area is 194 Å². The van der Waals surface area contributed by atoms with Crippen molar-refractivity contribution in [3.8, 4) is 0 Å². The van der Waals surface area contributed by atoms with Crippen molar-refractivity contribution >= 4 is 21.4 Å². The summed E-state index contributed by atoms with van der Waals surface area (Å²) in [4.78, 5) is 17.1. The van der Waals surface area contributed by atoms with Gasteiger partial charge >= 0.3 is 0 Å². The third kappa shape index (κ3) is 6.25. The van der Waals surface area contributed by atoms with Crippen molar-refractivity contribution in [2.45, 2.75) is 64.7 Å². The van der Waals surface area contributed by atoms with Crippen LogP contribution in [0.4, 0.5) is 5.69 Å². The van der Waals surface area contributed by atoms with Crippen LogP contribution in [-0.2, 0) is 25.8 Å². The fraction of sp³-hybridized carbons (Fsp3) is 0.720. The number of nitrogens with zero attached hydrogens (tertiary/aromatic N) is 2. The number of sulfone groups is 1. The first-order valence-corrected chi connectivity index (χ1v) is 13.6. The summed E-state index contributed by atoms with van der Waals surface area (Å²) in [7, 11) is -3.12. The number of carbonyl (C=O) groups excluding carboxylic acids is 1. The fourth-order valence-corrected chi connectivity index (χ4v) is 5.79. The molecule has 0 aliphatic carbocycles. The van der Waals surface area contributed by atoms with Crippen LogP contribution >= 0.6 is 0 Å². The number of rotatable bonds is 6. The fourth-order valence-electron chi connectivity index (χ4n) is 4.33. The van der Waals surface area contributed by atoms with Crippen LogP contribution in [0.3, 0.4) is 0 Å². The quantitative estimate of drug-likeness (QED) is 0.644. The lowest BCUT2D eigenvalue weighted by Crippen LogP contribution is -2.44. The minimum atomic E-state index is -3.12. The van der Waals surface area contributed by atoms with Crippen LogP contribution in [0, 0.1) is 11.8 Å². The Morgan fingerprint density at radius 1 is 1.09 bits per heavy atom. The number of carbonyl (C=O) groups is 1. The lowest BCUT2D eigenvalue weighted by molar-refractivity contribution is -0.131. The molecule has 0 aromatic heterocycles. The number of morpholine rings is 1. The molecule has 6 nitrogen and oxygen atoms in total. The monoisotopic (exact) mass is 464 g/mol. The van der Waals surface area contributed by atoms with Gasteiger partial charge in [0.1, 0.15) is 0 Å². The molecule has 2 fully saturated rings. The molecule has 1 atom stereocenters. The van der Waals surface area contributed by atoms with Gasteiger partial charge in [0.25, 0.3) is 0 Å². The van der Waals surface area contributed by atoms with Crippen molar-refractivity contribution in [1.82, 2.24) is 4.90 Å². The molecule has 32 heavy (non-hydrogen) atoms. The van der Waals surface area contributed by atoms with Gasteiger partial charge in [0, 0.05) is 31.9 Å². The topological polar surface area (TPSA) is 66.9 Å². The van der Waals surface area contributed by atoms with Crippen molar-refractivity contribution in [2.75, 3.05) is 43.4 Å². The van der Waals surface area contributed by atoms with Crippen LogP contribution in [-0.4, -0.2) is 68.6 Å². The molecule has 2 heterocycles. The van der Waals surface area contributed by atoms with Crippen molar-refractivity contribution in [2.24, 2.45) is 11.8 Å². The number of benzene rings is 1. The molecule has 0 N–H and O–H groups in total. The van der Waals surface area contributed by atoms with Gasteiger partial charge in [-0.1, -0.05) is 26.0 Å². The zero-order chi connectivity index (χ0) is 23.5. The average Bonchev–Trinajstić information content (AvgIpc) is 2.74. The van der Waals surface area contributed by atoms with Gasteiger partial charge in [0.15, 0.2) is 9.84 Å². The summed E-state index contributed by atoms with van der Waals surface area (Å²) in [6, 6.07) is 8.31. The van der Waals surface area contributed by atoms with Gasteiger partial charge in [-0.15, -0.1) is 0 Å². The van der Waals surface area contributed by atoms with E-state index < -0.39 is 14.6 Å². The highest BCUT2D eigenvalue weighted by molar-refractivity contribution is 7.92. The molecular weight excluding hydrogens is 424 g/mol. The van der Waals surface area contributed by atoms with Gasteiger partial charge in [-0.2, -0.15) is 0 Å². The second-order valence-corrected chi connectivity index (χ2v) is 13.4. The Balaban J connectivity index is 1.49. The number of hydrogen-bond donors (Lipinski definition) is 0. The first-order valence-electron chi connectivity index (χ1n) is 11.9. The van der Waals surface area contributed by atoms with Crippen LogP contribution in [0.5, 0.6) is 0 Å². The minimum Gasteiger partial charge on any atom is -0.374 e. The first kappa shape index (κ1) is 25.0. The first-order chi connectivity index (χ1) is 15.0. The van der Waals surface area contributed by atoms with E-state index in [2.05, 4.69) is 43.0 Å². The van der Waals surface area contributed by atoms with Gasteiger partial charge < -0.3 is 14.5 Å². The Morgan fingerprint density at radius 3 is 2.28 bits per heavy atom. The summed E-state index contributed by atoms with van der Waals surface area (Å²) in [6.07, 6.45) is 2.16. The van der Waals surface area contributed by atoms with E-state index in [1.54, 1.807) is 20.8 Å². The number of amides is 1. The maximum atomic E-state index is 12.8. The Hall–Kier alpha value is -1.60. The van der Waals surface area contributed by atoms with E-state index in [4.69, 9.17) is 4.74 Å². The molecule has 1 aromatic carbocycles. The second-order valence-electron chi connectivity index (χ2n) is 10.7. The predicted molar refractivity (Wildman–Crippen MR) is 130 cm³/mol. The highest BCUT2D eigenvalue weighted by Gasteiger charge is 2.33. The van der Waals surface area contributed by atoms with Crippen molar-refractivity contribution in [3.63, 3.8) is 0 Å². The zero-order valence-electron chi connectivity index (χ0n) is 20.3. The van der Waals surface area contributed by atoms with E-state index >= 15 is 0 Å². The van der Waals surface area contributed by atoms with Crippen LogP contribution < -0.4 is 4.90 Å². The standard InChI is InChI=1S/C25H40N2O4S/c1-19(2)23-17-27(14-15-31-23)22-8-6-20(7-9-22)16-24(28)26-12-10-21(11-13-26)18-32(29,30)25(3,4)5/h6-9,19,21,23H,10-18H2,1-5H3/t23-/m0/s1. The average molecular weight is 465 g/mol. The third-order valence-electron chi connectivity index (χ3n) is 6.85. The molecule has 0 spiro atoms. The van der Waals surface area contributed by atoms with E-state index in [0.29, 0.717) is 25.4 Å². The Morgan fingerprint density at radius 2 is 1.72 bits per heavy atom. The Kier molecular flexibility index (Phi) is 7.92. The largest absolute Gasteiger partial charge is 0.374 e. The second kappa shape index (κ2) is 10.1. The smallest absolute Gasteiger partial charge is 0.226 e. The summed E-state index contributed by atoms with van der Waals surface area (Å²) in [5.41, 5.74) is 2.20. The number of anilines is 1. The normalized spacial score (nSPS) is 21.2. The lowest BCUT2D eigenvalue weighted by atomic mass is 9.98. The number of piperidine rings is 1. The summed E-state index contributed by atoms with van der Waals surface area (Å²) < 4.78 is 30.1. The summed E-state index contributed by atoms with van der Waals surface area (Å²) in [5.74, 6) is 0.985. The van der Waals surface area contributed by atoms with E-state index in [9.17, 15) is 13.2 Å².